The van der Waals surface area contributed by atoms with E-state index in [1.54, 1.807) is 20.3 Å². The van der Waals surface area contributed by atoms with E-state index in [0.29, 0.717) is 11.3 Å². The van der Waals surface area contributed by atoms with Gasteiger partial charge in [0.25, 0.3) is 0 Å². The summed E-state index contributed by atoms with van der Waals surface area (Å²) in [6.07, 6.45) is 1.93. The fraction of sp³-hybridized carbons (Fsp3) is 0.500. The third-order valence-electron chi connectivity index (χ3n) is 3.51. The van der Waals surface area contributed by atoms with Crippen LogP contribution in [0.2, 0.25) is 0 Å². The van der Waals surface area contributed by atoms with Crippen molar-refractivity contribution in [3.8, 4) is 11.5 Å². The maximum Gasteiger partial charge on any atom is 0.172 e. The second kappa shape index (κ2) is 4.06. The van der Waals surface area contributed by atoms with Crippen molar-refractivity contribution in [1.29, 1.82) is 0 Å². The lowest BCUT2D eigenvalue weighted by molar-refractivity contribution is 0.0909. The van der Waals surface area contributed by atoms with Crippen molar-refractivity contribution in [3.05, 3.63) is 23.3 Å². The van der Waals surface area contributed by atoms with E-state index in [4.69, 9.17) is 9.47 Å². The van der Waals surface area contributed by atoms with Crippen molar-refractivity contribution in [1.82, 2.24) is 0 Å². The van der Waals surface area contributed by atoms with E-state index in [0.717, 1.165) is 24.2 Å². The van der Waals surface area contributed by atoms with Gasteiger partial charge in [-0.25, -0.2) is 0 Å². The van der Waals surface area contributed by atoms with Crippen LogP contribution >= 0.6 is 0 Å². The SMILES string of the molecule is COc1cc(C(=O)C2(C)CC2)c(OC)cc1C. The molecular formula is C14H18O3. The molecule has 0 bridgehead atoms. The zero-order valence-corrected chi connectivity index (χ0v) is 10.8. The van der Waals surface area contributed by atoms with Crippen LogP contribution in [0.15, 0.2) is 12.1 Å². The van der Waals surface area contributed by atoms with Crippen LogP contribution in [0.1, 0.15) is 35.7 Å². The van der Waals surface area contributed by atoms with Crippen LogP contribution in [0.25, 0.3) is 0 Å². The monoisotopic (exact) mass is 234 g/mol. The van der Waals surface area contributed by atoms with Gasteiger partial charge in [-0.15, -0.1) is 0 Å². The highest BCUT2D eigenvalue weighted by Crippen LogP contribution is 2.49. The van der Waals surface area contributed by atoms with Crippen LogP contribution in [-0.2, 0) is 0 Å². The first-order valence-corrected chi connectivity index (χ1v) is 5.79. The van der Waals surface area contributed by atoms with Crippen molar-refractivity contribution in [2.75, 3.05) is 14.2 Å². The van der Waals surface area contributed by atoms with E-state index in [2.05, 4.69) is 0 Å². The van der Waals surface area contributed by atoms with Crippen molar-refractivity contribution >= 4 is 5.78 Å². The average Bonchev–Trinajstić information content (AvgIpc) is 3.07. The molecule has 1 aromatic rings. The van der Waals surface area contributed by atoms with Gasteiger partial charge in [0.1, 0.15) is 11.5 Å². The minimum Gasteiger partial charge on any atom is -0.496 e. The number of hydrogen-bond donors (Lipinski definition) is 0. The molecule has 0 spiro atoms. The summed E-state index contributed by atoms with van der Waals surface area (Å²) in [5, 5.41) is 0. The summed E-state index contributed by atoms with van der Waals surface area (Å²) in [6.45, 7) is 3.94. The Morgan fingerprint density at radius 3 is 2.24 bits per heavy atom. The zero-order chi connectivity index (χ0) is 12.6. The molecule has 1 aromatic carbocycles. The van der Waals surface area contributed by atoms with Gasteiger partial charge >= 0.3 is 0 Å². The molecule has 2 rings (SSSR count). The third kappa shape index (κ3) is 2.02. The smallest absolute Gasteiger partial charge is 0.172 e. The second-order valence-electron chi connectivity index (χ2n) is 4.91. The number of ketones is 1. The van der Waals surface area contributed by atoms with Gasteiger partial charge in [-0.2, -0.15) is 0 Å². The van der Waals surface area contributed by atoms with E-state index >= 15 is 0 Å². The van der Waals surface area contributed by atoms with E-state index < -0.39 is 0 Å². The molecule has 0 amide bonds. The molecule has 0 atom stereocenters. The van der Waals surface area contributed by atoms with Gasteiger partial charge in [-0.3, -0.25) is 4.79 Å². The number of carbonyl (C=O) groups is 1. The Morgan fingerprint density at radius 1 is 1.18 bits per heavy atom. The maximum atomic E-state index is 12.4. The molecule has 3 nitrogen and oxygen atoms in total. The van der Waals surface area contributed by atoms with Gasteiger partial charge in [0, 0.05) is 5.41 Å². The average molecular weight is 234 g/mol. The van der Waals surface area contributed by atoms with Gasteiger partial charge in [0.2, 0.25) is 0 Å². The lowest BCUT2D eigenvalue weighted by atomic mass is 9.95. The second-order valence-corrected chi connectivity index (χ2v) is 4.91. The van der Waals surface area contributed by atoms with E-state index in [1.807, 2.05) is 19.9 Å². The summed E-state index contributed by atoms with van der Waals surface area (Å²) in [5.74, 6) is 1.53. The van der Waals surface area contributed by atoms with E-state index in [1.165, 1.54) is 0 Å². The first-order chi connectivity index (χ1) is 8.01. The minimum absolute atomic E-state index is 0.160. The highest BCUT2D eigenvalue weighted by Gasteiger charge is 2.46. The highest BCUT2D eigenvalue weighted by atomic mass is 16.5. The van der Waals surface area contributed by atoms with Crippen molar-refractivity contribution in [3.63, 3.8) is 0 Å². The van der Waals surface area contributed by atoms with Crippen LogP contribution in [0, 0.1) is 12.3 Å². The summed E-state index contributed by atoms with van der Waals surface area (Å²) < 4.78 is 10.6. The molecule has 0 N–H and O–H groups in total. The molecule has 1 aliphatic rings. The molecular weight excluding hydrogens is 216 g/mol. The largest absolute Gasteiger partial charge is 0.496 e. The first-order valence-electron chi connectivity index (χ1n) is 5.79. The number of hydrogen-bond acceptors (Lipinski definition) is 3. The predicted octanol–water partition coefficient (Wildman–Crippen LogP) is 3.00. The number of carbonyl (C=O) groups excluding carboxylic acids is 1. The molecule has 0 saturated heterocycles. The zero-order valence-electron chi connectivity index (χ0n) is 10.8. The number of rotatable bonds is 4. The molecule has 3 heteroatoms. The Balaban J connectivity index is 2.47. The van der Waals surface area contributed by atoms with Crippen LogP contribution in [0.4, 0.5) is 0 Å². The quantitative estimate of drug-likeness (QED) is 0.751. The topological polar surface area (TPSA) is 35.5 Å². The predicted molar refractivity (Wildman–Crippen MR) is 66.0 cm³/mol. The Morgan fingerprint density at radius 2 is 1.76 bits per heavy atom. The Bertz CT molecular complexity index is 459. The summed E-state index contributed by atoms with van der Waals surface area (Å²) in [4.78, 5) is 12.4. The number of benzene rings is 1. The molecule has 0 aromatic heterocycles. The summed E-state index contributed by atoms with van der Waals surface area (Å²) in [5.41, 5.74) is 1.42. The van der Waals surface area contributed by atoms with Gasteiger partial charge in [0.15, 0.2) is 5.78 Å². The van der Waals surface area contributed by atoms with Crippen LogP contribution in [-0.4, -0.2) is 20.0 Å². The molecule has 0 unspecified atom stereocenters. The summed E-state index contributed by atoms with van der Waals surface area (Å²) in [6, 6.07) is 3.65. The van der Waals surface area contributed by atoms with Crippen molar-refractivity contribution in [2.24, 2.45) is 5.41 Å². The molecule has 17 heavy (non-hydrogen) atoms. The maximum absolute atomic E-state index is 12.4. The standard InChI is InChI=1S/C14H18O3/c1-9-7-12(17-4)10(8-11(9)16-3)13(15)14(2)5-6-14/h7-8H,5-6H2,1-4H3. The van der Waals surface area contributed by atoms with Crippen molar-refractivity contribution in [2.45, 2.75) is 26.7 Å². The fourth-order valence-corrected chi connectivity index (χ4v) is 1.97. The van der Waals surface area contributed by atoms with Gasteiger partial charge in [-0.1, -0.05) is 6.92 Å². The molecule has 1 fully saturated rings. The number of Topliss-reactive ketones (excluding diaryl/α,β-unsaturated/α-hetero) is 1. The van der Waals surface area contributed by atoms with Crippen LogP contribution in [0.5, 0.6) is 11.5 Å². The number of ether oxygens (including phenoxy) is 2. The first kappa shape index (κ1) is 12.0. The molecule has 0 aliphatic heterocycles. The van der Waals surface area contributed by atoms with Gasteiger partial charge < -0.3 is 9.47 Å². The van der Waals surface area contributed by atoms with Gasteiger partial charge in [0.05, 0.1) is 19.8 Å². The molecule has 1 aliphatic carbocycles. The molecule has 0 radical (unpaired) electrons. The minimum atomic E-state index is -0.187. The van der Waals surface area contributed by atoms with E-state index in [-0.39, 0.29) is 11.2 Å². The number of methoxy groups -OCH3 is 2. The molecule has 0 heterocycles. The summed E-state index contributed by atoms with van der Waals surface area (Å²) >= 11 is 0. The molecule has 92 valence electrons. The van der Waals surface area contributed by atoms with Gasteiger partial charge in [-0.05, 0) is 37.5 Å². The fourth-order valence-electron chi connectivity index (χ4n) is 1.97. The van der Waals surface area contributed by atoms with Crippen LogP contribution in [0.3, 0.4) is 0 Å². The Kier molecular flexibility index (Phi) is 2.86. The van der Waals surface area contributed by atoms with E-state index in [9.17, 15) is 4.79 Å². The third-order valence-corrected chi connectivity index (χ3v) is 3.51. The lowest BCUT2D eigenvalue weighted by Crippen LogP contribution is -2.13. The highest BCUT2D eigenvalue weighted by molar-refractivity contribution is 6.04. The summed E-state index contributed by atoms with van der Waals surface area (Å²) in [7, 11) is 3.20. The Labute approximate surface area is 102 Å². The van der Waals surface area contributed by atoms with Crippen LogP contribution < -0.4 is 9.47 Å². The normalized spacial score (nSPS) is 16.5. The van der Waals surface area contributed by atoms with Crippen molar-refractivity contribution < 1.29 is 14.3 Å². The lowest BCUT2D eigenvalue weighted by Gasteiger charge is -2.14. The number of aryl methyl sites for hydroxylation is 1. The Hall–Kier alpha value is -1.51. The molecule has 1 saturated carbocycles.